The number of nitrogens with zero attached hydrogens (tertiary/aromatic N) is 2. The van der Waals surface area contributed by atoms with Crippen molar-refractivity contribution in [2.45, 2.75) is 19.4 Å². The Morgan fingerprint density at radius 3 is 2.57 bits per heavy atom. The summed E-state index contributed by atoms with van der Waals surface area (Å²) in [6, 6.07) is 0. The predicted octanol–water partition coefficient (Wildman–Crippen LogP) is 0.0433. The van der Waals surface area contributed by atoms with E-state index in [1.54, 1.807) is 11.9 Å². The normalized spacial score (nSPS) is 21.0. The van der Waals surface area contributed by atoms with E-state index in [2.05, 4.69) is 5.32 Å². The number of amides is 1. The van der Waals surface area contributed by atoms with Crippen LogP contribution in [0.1, 0.15) is 13.8 Å². The highest BCUT2D eigenvalue weighted by molar-refractivity contribution is 7.80. The Labute approximate surface area is 90.2 Å². The summed E-state index contributed by atoms with van der Waals surface area (Å²) in [5.41, 5.74) is -0.535. The molecule has 0 saturated carbocycles. The summed E-state index contributed by atoms with van der Waals surface area (Å²) in [6.07, 6.45) is 0. The van der Waals surface area contributed by atoms with Gasteiger partial charge in [-0.2, -0.15) is 0 Å². The molecule has 0 bridgehead atoms. The van der Waals surface area contributed by atoms with E-state index in [4.69, 9.17) is 12.2 Å². The maximum absolute atomic E-state index is 11.9. The average molecular weight is 215 g/mol. The standard InChI is InChI=1S/C9H17N3OS/c1-9(2)7(13)11(4)5-6-12(9)8(14)10-3/h5-6H2,1-4H3,(H,10,14). The van der Waals surface area contributed by atoms with Crippen molar-refractivity contribution in [1.82, 2.24) is 15.1 Å². The molecule has 1 N–H and O–H groups in total. The molecule has 0 aromatic rings. The van der Waals surface area contributed by atoms with Gasteiger partial charge in [0.1, 0.15) is 5.54 Å². The lowest BCUT2D eigenvalue weighted by Crippen LogP contribution is -2.64. The maximum atomic E-state index is 11.9. The van der Waals surface area contributed by atoms with Gasteiger partial charge in [-0.15, -0.1) is 0 Å². The van der Waals surface area contributed by atoms with Gasteiger partial charge in [0, 0.05) is 27.2 Å². The van der Waals surface area contributed by atoms with E-state index in [1.807, 2.05) is 25.8 Å². The summed E-state index contributed by atoms with van der Waals surface area (Å²) < 4.78 is 0. The quantitative estimate of drug-likeness (QED) is 0.579. The van der Waals surface area contributed by atoms with Gasteiger partial charge in [-0.3, -0.25) is 4.79 Å². The molecular weight excluding hydrogens is 198 g/mol. The van der Waals surface area contributed by atoms with Crippen LogP contribution in [-0.2, 0) is 4.79 Å². The predicted molar refractivity (Wildman–Crippen MR) is 60.1 cm³/mol. The molecule has 5 heteroatoms. The number of hydrogen-bond acceptors (Lipinski definition) is 2. The van der Waals surface area contributed by atoms with E-state index in [0.717, 1.165) is 13.1 Å². The van der Waals surface area contributed by atoms with Gasteiger partial charge in [-0.1, -0.05) is 0 Å². The first kappa shape index (κ1) is 11.2. The Hall–Kier alpha value is -0.840. The molecule has 1 saturated heterocycles. The third kappa shape index (κ3) is 1.68. The number of hydrogen-bond donors (Lipinski definition) is 1. The molecule has 80 valence electrons. The molecular formula is C9H17N3OS. The van der Waals surface area contributed by atoms with E-state index >= 15 is 0 Å². The summed E-state index contributed by atoms with van der Waals surface area (Å²) in [5.74, 6) is 0.112. The minimum Gasteiger partial charge on any atom is -0.366 e. The van der Waals surface area contributed by atoms with Gasteiger partial charge in [0.25, 0.3) is 0 Å². The first-order valence-corrected chi connectivity index (χ1v) is 5.07. The Morgan fingerprint density at radius 2 is 2.07 bits per heavy atom. The van der Waals surface area contributed by atoms with Crippen LogP contribution in [0.15, 0.2) is 0 Å². The van der Waals surface area contributed by atoms with Crippen LogP contribution in [0.4, 0.5) is 0 Å². The number of thiocarbonyl (C=S) groups is 1. The first-order chi connectivity index (χ1) is 6.41. The fourth-order valence-corrected chi connectivity index (χ4v) is 2.02. The smallest absolute Gasteiger partial charge is 0.247 e. The molecule has 0 aromatic heterocycles. The van der Waals surface area contributed by atoms with E-state index in [1.165, 1.54) is 0 Å². The zero-order valence-electron chi connectivity index (χ0n) is 9.13. The molecule has 1 heterocycles. The number of carbonyl (C=O) groups is 1. The summed E-state index contributed by atoms with van der Waals surface area (Å²) >= 11 is 5.16. The first-order valence-electron chi connectivity index (χ1n) is 4.66. The highest BCUT2D eigenvalue weighted by Gasteiger charge is 2.41. The summed E-state index contributed by atoms with van der Waals surface area (Å²) in [5, 5.41) is 3.55. The van der Waals surface area contributed by atoms with Crippen molar-refractivity contribution < 1.29 is 4.79 Å². The molecule has 0 aliphatic carbocycles. The highest BCUT2D eigenvalue weighted by atomic mass is 32.1. The second-order valence-electron chi connectivity index (χ2n) is 3.99. The van der Waals surface area contributed by atoms with Gasteiger partial charge in [0.15, 0.2) is 5.11 Å². The van der Waals surface area contributed by atoms with Gasteiger partial charge in [0.05, 0.1) is 0 Å². The Kier molecular flexibility index (Phi) is 2.99. The lowest BCUT2D eigenvalue weighted by molar-refractivity contribution is -0.143. The van der Waals surface area contributed by atoms with Gasteiger partial charge in [-0.05, 0) is 26.1 Å². The van der Waals surface area contributed by atoms with Crippen LogP contribution in [0.3, 0.4) is 0 Å². The van der Waals surface area contributed by atoms with Crippen molar-refractivity contribution in [2.75, 3.05) is 27.2 Å². The maximum Gasteiger partial charge on any atom is 0.247 e. The Bertz CT molecular complexity index is 265. The highest BCUT2D eigenvalue weighted by Crippen LogP contribution is 2.21. The topological polar surface area (TPSA) is 35.6 Å². The van der Waals surface area contributed by atoms with Crippen LogP contribution in [0.25, 0.3) is 0 Å². The van der Waals surface area contributed by atoms with Crippen LogP contribution < -0.4 is 5.32 Å². The van der Waals surface area contributed by atoms with Crippen molar-refractivity contribution >= 4 is 23.2 Å². The van der Waals surface area contributed by atoms with Crippen molar-refractivity contribution in [2.24, 2.45) is 0 Å². The number of carbonyl (C=O) groups excluding carboxylic acids is 1. The second-order valence-corrected chi connectivity index (χ2v) is 4.38. The number of piperazine rings is 1. The fraction of sp³-hybridized carbons (Fsp3) is 0.778. The molecule has 1 amide bonds. The van der Waals surface area contributed by atoms with Crippen molar-refractivity contribution in [3.63, 3.8) is 0 Å². The fourth-order valence-electron chi connectivity index (χ4n) is 1.70. The third-order valence-electron chi connectivity index (χ3n) is 2.66. The zero-order valence-corrected chi connectivity index (χ0v) is 9.94. The molecule has 0 aromatic carbocycles. The number of nitrogens with one attached hydrogen (secondary N) is 1. The molecule has 14 heavy (non-hydrogen) atoms. The lowest BCUT2D eigenvalue weighted by Gasteiger charge is -2.45. The van der Waals surface area contributed by atoms with Crippen molar-refractivity contribution in [3.05, 3.63) is 0 Å². The minimum atomic E-state index is -0.535. The summed E-state index contributed by atoms with van der Waals surface area (Å²) in [4.78, 5) is 15.6. The van der Waals surface area contributed by atoms with Crippen molar-refractivity contribution in [1.29, 1.82) is 0 Å². The molecule has 0 atom stereocenters. The van der Waals surface area contributed by atoms with Crippen molar-refractivity contribution in [3.8, 4) is 0 Å². The van der Waals surface area contributed by atoms with E-state index in [-0.39, 0.29) is 5.91 Å². The van der Waals surface area contributed by atoms with Crippen LogP contribution in [-0.4, -0.2) is 53.5 Å². The molecule has 0 radical (unpaired) electrons. The largest absolute Gasteiger partial charge is 0.366 e. The molecule has 4 nitrogen and oxygen atoms in total. The molecule has 0 unspecified atom stereocenters. The Morgan fingerprint density at radius 1 is 1.50 bits per heavy atom. The van der Waals surface area contributed by atoms with Gasteiger partial charge in [-0.25, -0.2) is 0 Å². The van der Waals surface area contributed by atoms with Crippen LogP contribution >= 0.6 is 12.2 Å². The zero-order chi connectivity index (χ0) is 10.9. The molecule has 1 fully saturated rings. The van der Waals surface area contributed by atoms with Crippen LogP contribution in [0, 0.1) is 0 Å². The van der Waals surface area contributed by atoms with Gasteiger partial charge < -0.3 is 15.1 Å². The second kappa shape index (κ2) is 3.73. The van der Waals surface area contributed by atoms with Gasteiger partial charge >= 0.3 is 0 Å². The molecule has 1 aliphatic heterocycles. The van der Waals surface area contributed by atoms with E-state index in [0.29, 0.717) is 5.11 Å². The van der Waals surface area contributed by atoms with E-state index in [9.17, 15) is 4.79 Å². The number of likely N-dealkylation sites (N-methyl/N-ethyl adjacent to an activating group) is 1. The summed E-state index contributed by atoms with van der Waals surface area (Å²) in [7, 11) is 3.60. The Balaban J connectivity index is 2.89. The van der Waals surface area contributed by atoms with Crippen LogP contribution in [0.5, 0.6) is 0 Å². The minimum absolute atomic E-state index is 0.112. The van der Waals surface area contributed by atoms with Crippen LogP contribution in [0.2, 0.25) is 0 Å². The monoisotopic (exact) mass is 215 g/mol. The molecule has 0 spiro atoms. The summed E-state index contributed by atoms with van der Waals surface area (Å²) in [6.45, 7) is 5.31. The van der Waals surface area contributed by atoms with Gasteiger partial charge in [0.2, 0.25) is 5.91 Å². The molecule has 1 rings (SSSR count). The SMILES string of the molecule is CNC(=S)N1CCN(C)C(=O)C1(C)C. The third-order valence-corrected chi connectivity index (χ3v) is 3.09. The lowest BCUT2D eigenvalue weighted by atomic mass is 9.98. The molecule has 1 aliphatic rings. The van der Waals surface area contributed by atoms with E-state index < -0.39 is 5.54 Å². The average Bonchev–Trinajstić information content (AvgIpc) is 2.13. The number of rotatable bonds is 0.